The van der Waals surface area contributed by atoms with Crippen molar-refractivity contribution in [3.05, 3.63) is 48.5 Å². The molecule has 2 amide bonds. The molecule has 2 aromatic carbocycles. The lowest BCUT2D eigenvalue weighted by Gasteiger charge is -2.29. The van der Waals surface area contributed by atoms with Gasteiger partial charge in [0, 0.05) is 17.9 Å². The van der Waals surface area contributed by atoms with Crippen LogP contribution in [0.3, 0.4) is 0 Å². The fraction of sp³-hybridized carbons (Fsp3) is 0.222. The maximum Gasteiger partial charge on any atom is 0.288 e. The lowest BCUT2D eigenvalue weighted by atomic mass is 10.2. The SMILES string of the molecule is O=C(CCN1C(=O)COc2ccccc21)Nc1ccccc1SC(F)F. The van der Waals surface area contributed by atoms with Crippen molar-refractivity contribution in [2.45, 2.75) is 17.1 Å². The number of fused-ring (bicyclic) bond motifs is 1. The molecular formula is C18H16F2N2O3S. The van der Waals surface area contributed by atoms with Crippen molar-refractivity contribution in [3.8, 4) is 5.75 Å². The average molecular weight is 378 g/mol. The Morgan fingerprint density at radius 3 is 2.73 bits per heavy atom. The lowest BCUT2D eigenvalue weighted by molar-refractivity contribution is -0.121. The Morgan fingerprint density at radius 1 is 1.19 bits per heavy atom. The van der Waals surface area contributed by atoms with Gasteiger partial charge in [-0.25, -0.2) is 0 Å². The van der Waals surface area contributed by atoms with Gasteiger partial charge in [-0.1, -0.05) is 36.0 Å². The number of para-hydroxylation sites is 3. The van der Waals surface area contributed by atoms with Gasteiger partial charge in [-0.3, -0.25) is 9.59 Å². The second kappa shape index (κ2) is 8.18. The molecular weight excluding hydrogens is 362 g/mol. The quantitative estimate of drug-likeness (QED) is 0.778. The molecule has 0 bridgehead atoms. The summed E-state index contributed by atoms with van der Waals surface area (Å²) in [7, 11) is 0. The summed E-state index contributed by atoms with van der Waals surface area (Å²) >= 11 is 0.375. The van der Waals surface area contributed by atoms with Crippen LogP contribution in [0.5, 0.6) is 5.75 Å². The third-order valence-corrected chi connectivity index (χ3v) is 4.54. The number of hydrogen-bond donors (Lipinski definition) is 1. The summed E-state index contributed by atoms with van der Waals surface area (Å²) in [5.41, 5.74) is 0.946. The summed E-state index contributed by atoms with van der Waals surface area (Å²) < 4.78 is 30.6. The first-order valence-electron chi connectivity index (χ1n) is 7.90. The molecule has 26 heavy (non-hydrogen) atoms. The minimum Gasteiger partial charge on any atom is -0.482 e. The molecule has 0 saturated heterocycles. The molecule has 0 saturated carbocycles. The van der Waals surface area contributed by atoms with Crippen LogP contribution in [0.25, 0.3) is 0 Å². The van der Waals surface area contributed by atoms with Crippen molar-refractivity contribution in [2.75, 3.05) is 23.4 Å². The topological polar surface area (TPSA) is 58.6 Å². The van der Waals surface area contributed by atoms with Crippen LogP contribution in [-0.4, -0.2) is 30.7 Å². The number of thioether (sulfide) groups is 1. The van der Waals surface area contributed by atoms with E-state index >= 15 is 0 Å². The summed E-state index contributed by atoms with van der Waals surface area (Å²) in [5.74, 6) is -2.57. The highest BCUT2D eigenvalue weighted by molar-refractivity contribution is 7.99. The molecule has 1 heterocycles. The highest BCUT2D eigenvalue weighted by Gasteiger charge is 2.25. The highest BCUT2D eigenvalue weighted by atomic mass is 32.2. The van der Waals surface area contributed by atoms with Gasteiger partial charge in [0.1, 0.15) is 5.75 Å². The van der Waals surface area contributed by atoms with Gasteiger partial charge in [0.2, 0.25) is 5.91 Å². The van der Waals surface area contributed by atoms with Gasteiger partial charge in [-0.2, -0.15) is 8.78 Å². The smallest absolute Gasteiger partial charge is 0.288 e. The molecule has 0 unspecified atom stereocenters. The standard InChI is InChI=1S/C18H16F2N2O3S/c19-18(20)26-15-8-4-1-5-12(15)21-16(23)9-10-22-13-6-2-3-7-14(13)25-11-17(22)24/h1-8,18H,9-11H2,(H,21,23). The molecule has 0 aromatic heterocycles. The number of hydrogen-bond acceptors (Lipinski definition) is 4. The maximum absolute atomic E-state index is 12.6. The highest BCUT2D eigenvalue weighted by Crippen LogP contribution is 2.33. The Balaban J connectivity index is 1.64. The first-order valence-corrected chi connectivity index (χ1v) is 8.78. The normalized spacial score (nSPS) is 13.3. The molecule has 2 aromatic rings. The van der Waals surface area contributed by atoms with Gasteiger partial charge in [0.05, 0.1) is 11.4 Å². The van der Waals surface area contributed by atoms with Gasteiger partial charge in [-0.05, 0) is 24.3 Å². The van der Waals surface area contributed by atoms with Gasteiger partial charge < -0.3 is 15.0 Å². The van der Waals surface area contributed by atoms with E-state index < -0.39 is 5.76 Å². The summed E-state index contributed by atoms with van der Waals surface area (Å²) in [6.07, 6.45) is 0.0355. The fourth-order valence-electron chi connectivity index (χ4n) is 2.59. The fourth-order valence-corrected chi connectivity index (χ4v) is 3.19. The molecule has 0 radical (unpaired) electrons. The number of halogens is 2. The van der Waals surface area contributed by atoms with Crippen molar-refractivity contribution in [1.82, 2.24) is 0 Å². The second-order valence-corrected chi connectivity index (χ2v) is 6.51. The summed E-state index contributed by atoms with van der Waals surface area (Å²) in [6, 6.07) is 13.5. The molecule has 1 aliphatic rings. The first-order chi connectivity index (χ1) is 12.5. The van der Waals surface area contributed by atoms with E-state index in [9.17, 15) is 18.4 Å². The van der Waals surface area contributed by atoms with Crippen LogP contribution >= 0.6 is 11.8 Å². The Morgan fingerprint density at radius 2 is 1.92 bits per heavy atom. The minimum atomic E-state index is -2.57. The zero-order valence-electron chi connectivity index (χ0n) is 13.7. The Kier molecular flexibility index (Phi) is 5.72. The third kappa shape index (κ3) is 4.32. The Hall–Kier alpha value is -2.61. The predicted molar refractivity (Wildman–Crippen MR) is 95.8 cm³/mol. The van der Waals surface area contributed by atoms with Gasteiger partial charge in [0.15, 0.2) is 6.61 Å². The van der Waals surface area contributed by atoms with Crippen molar-refractivity contribution >= 4 is 35.0 Å². The largest absolute Gasteiger partial charge is 0.482 e. The number of benzene rings is 2. The number of alkyl halides is 2. The first kappa shape index (κ1) is 18.2. The number of rotatable bonds is 6. The van der Waals surface area contributed by atoms with E-state index in [1.165, 1.54) is 11.0 Å². The zero-order chi connectivity index (χ0) is 18.5. The summed E-state index contributed by atoms with van der Waals surface area (Å²) in [6.45, 7) is 0.0989. The van der Waals surface area contributed by atoms with Crippen LogP contribution in [0, 0.1) is 0 Å². The van der Waals surface area contributed by atoms with E-state index in [1.54, 1.807) is 42.5 Å². The maximum atomic E-state index is 12.6. The zero-order valence-corrected chi connectivity index (χ0v) is 14.5. The number of carbonyl (C=O) groups is 2. The molecule has 8 heteroatoms. The van der Waals surface area contributed by atoms with E-state index in [-0.39, 0.29) is 31.4 Å². The molecule has 0 aliphatic carbocycles. The molecule has 3 rings (SSSR count). The molecule has 136 valence electrons. The number of anilines is 2. The Bertz CT molecular complexity index is 817. The predicted octanol–water partition coefficient (Wildman–Crippen LogP) is 3.76. The number of nitrogens with one attached hydrogen (secondary N) is 1. The average Bonchev–Trinajstić information content (AvgIpc) is 2.62. The van der Waals surface area contributed by atoms with E-state index in [0.717, 1.165) is 0 Å². The van der Waals surface area contributed by atoms with E-state index in [2.05, 4.69) is 5.32 Å². The molecule has 5 nitrogen and oxygen atoms in total. The van der Waals surface area contributed by atoms with Crippen LogP contribution in [0.2, 0.25) is 0 Å². The van der Waals surface area contributed by atoms with Gasteiger partial charge in [0.25, 0.3) is 11.7 Å². The number of amides is 2. The number of nitrogens with zero attached hydrogens (tertiary/aromatic N) is 1. The molecule has 0 atom stereocenters. The summed E-state index contributed by atoms with van der Waals surface area (Å²) in [5, 5.41) is 2.63. The van der Waals surface area contributed by atoms with Crippen molar-refractivity contribution in [1.29, 1.82) is 0 Å². The van der Waals surface area contributed by atoms with E-state index in [1.807, 2.05) is 0 Å². The minimum absolute atomic E-state index is 0.0355. The van der Waals surface area contributed by atoms with Crippen LogP contribution in [0.15, 0.2) is 53.4 Å². The second-order valence-electron chi connectivity index (χ2n) is 5.47. The number of carbonyl (C=O) groups excluding carboxylic acids is 2. The summed E-state index contributed by atoms with van der Waals surface area (Å²) in [4.78, 5) is 26.1. The number of ether oxygens (including phenoxy) is 1. The van der Waals surface area contributed by atoms with Crippen LogP contribution in [0.1, 0.15) is 6.42 Å². The Labute approximate surface area is 153 Å². The van der Waals surface area contributed by atoms with Crippen LogP contribution in [0.4, 0.5) is 20.2 Å². The molecule has 0 spiro atoms. The third-order valence-electron chi connectivity index (χ3n) is 3.75. The monoisotopic (exact) mass is 378 g/mol. The van der Waals surface area contributed by atoms with Crippen LogP contribution < -0.4 is 15.0 Å². The molecule has 1 N–H and O–H groups in total. The molecule has 0 fully saturated rings. The molecule has 1 aliphatic heterocycles. The van der Waals surface area contributed by atoms with Crippen molar-refractivity contribution in [3.63, 3.8) is 0 Å². The van der Waals surface area contributed by atoms with Crippen LogP contribution in [-0.2, 0) is 9.59 Å². The lowest BCUT2D eigenvalue weighted by Crippen LogP contribution is -2.40. The van der Waals surface area contributed by atoms with E-state index in [4.69, 9.17) is 4.74 Å². The van der Waals surface area contributed by atoms with Crippen molar-refractivity contribution in [2.24, 2.45) is 0 Å². The van der Waals surface area contributed by atoms with Crippen molar-refractivity contribution < 1.29 is 23.1 Å². The van der Waals surface area contributed by atoms with E-state index in [0.29, 0.717) is 33.8 Å². The van der Waals surface area contributed by atoms with Gasteiger partial charge >= 0.3 is 0 Å². The van der Waals surface area contributed by atoms with Gasteiger partial charge in [-0.15, -0.1) is 0 Å².